The molecule has 0 spiro atoms. The van der Waals surface area contributed by atoms with E-state index in [0.717, 1.165) is 6.42 Å². The van der Waals surface area contributed by atoms with Gasteiger partial charge in [0.15, 0.2) is 0 Å². The normalized spacial score (nSPS) is 17.7. The van der Waals surface area contributed by atoms with E-state index in [4.69, 9.17) is 17.2 Å². The number of carbonyl (C=O) groups excluding carboxylic acids is 5. The summed E-state index contributed by atoms with van der Waals surface area (Å²) in [5.74, 6) is -5.10. The average Bonchev–Trinajstić information content (AvgIpc) is 3.29. The molecule has 1 saturated heterocycles. The van der Waals surface area contributed by atoms with E-state index in [1.807, 2.05) is 0 Å². The van der Waals surface area contributed by atoms with Crippen LogP contribution >= 0.6 is 0 Å². The summed E-state index contributed by atoms with van der Waals surface area (Å²) in [5.41, 5.74) is 15.8. The Bertz CT molecular complexity index is 756. The van der Waals surface area contributed by atoms with Crippen LogP contribution in [0.25, 0.3) is 0 Å². The number of hydrogen-bond acceptors (Lipinski definition) is 8. The topological polar surface area (TPSA) is 249 Å². The molecule has 5 amide bonds. The standard InChI is InChI=1S/C20H35N7O7/c21-8-2-1-4-13(20(33)34)26-18(31)12(6-7-15(22)28)25-19(32)14(10-16(23)29)27-17(30)11-5-3-9-24-11/h11-14,24H,1-10,21H2,(H2,22,28)(H2,23,29)(H,25,32)(H,26,31)(H,27,30)(H,33,34). The molecule has 1 rings (SSSR count). The van der Waals surface area contributed by atoms with Crippen LogP contribution in [0.2, 0.25) is 0 Å². The Kier molecular flexibility index (Phi) is 12.5. The molecule has 1 aliphatic heterocycles. The van der Waals surface area contributed by atoms with E-state index in [9.17, 15) is 33.9 Å². The van der Waals surface area contributed by atoms with Gasteiger partial charge in [-0.3, -0.25) is 24.0 Å². The van der Waals surface area contributed by atoms with Crippen molar-refractivity contribution >= 4 is 35.5 Å². The smallest absolute Gasteiger partial charge is 0.326 e. The quantitative estimate of drug-likeness (QED) is 0.101. The van der Waals surface area contributed by atoms with Crippen molar-refractivity contribution in [2.24, 2.45) is 17.2 Å². The molecule has 0 aromatic rings. The summed E-state index contributed by atoms with van der Waals surface area (Å²) >= 11 is 0. The minimum Gasteiger partial charge on any atom is -0.480 e. The highest BCUT2D eigenvalue weighted by Gasteiger charge is 2.32. The lowest BCUT2D eigenvalue weighted by molar-refractivity contribution is -0.142. The highest BCUT2D eigenvalue weighted by molar-refractivity contribution is 5.96. The van der Waals surface area contributed by atoms with Crippen LogP contribution in [0.4, 0.5) is 0 Å². The predicted octanol–water partition coefficient (Wildman–Crippen LogP) is -3.45. The minimum absolute atomic E-state index is 0.115. The summed E-state index contributed by atoms with van der Waals surface area (Å²) in [5, 5.41) is 19.5. The van der Waals surface area contributed by atoms with E-state index in [-0.39, 0.29) is 19.3 Å². The highest BCUT2D eigenvalue weighted by Crippen LogP contribution is 2.07. The van der Waals surface area contributed by atoms with Crippen molar-refractivity contribution in [3.8, 4) is 0 Å². The van der Waals surface area contributed by atoms with Crippen molar-refractivity contribution in [2.45, 2.75) is 75.5 Å². The molecule has 1 fully saturated rings. The number of carboxylic acid groups (broad SMARTS) is 1. The van der Waals surface area contributed by atoms with E-state index in [2.05, 4.69) is 21.3 Å². The van der Waals surface area contributed by atoms with Crippen LogP contribution in [0.1, 0.15) is 51.4 Å². The third-order valence-electron chi connectivity index (χ3n) is 5.29. The molecule has 1 aliphatic rings. The Hall–Kier alpha value is -3.26. The van der Waals surface area contributed by atoms with Crippen LogP contribution in [-0.2, 0) is 28.8 Å². The molecule has 0 aliphatic carbocycles. The zero-order valence-corrected chi connectivity index (χ0v) is 19.0. The van der Waals surface area contributed by atoms with Crippen LogP contribution in [0, 0.1) is 0 Å². The third kappa shape index (κ3) is 10.6. The lowest BCUT2D eigenvalue weighted by Crippen LogP contribution is -2.57. The molecular weight excluding hydrogens is 450 g/mol. The van der Waals surface area contributed by atoms with Gasteiger partial charge in [-0.1, -0.05) is 0 Å². The van der Waals surface area contributed by atoms with Crippen molar-refractivity contribution in [1.82, 2.24) is 21.3 Å². The van der Waals surface area contributed by atoms with Gasteiger partial charge in [0.2, 0.25) is 29.5 Å². The molecule has 0 radical (unpaired) electrons. The summed E-state index contributed by atoms with van der Waals surface area (Å²) in [6.45, 7) is 0.997. The number of unbranched alkanes of at least 4 members (excludes halogenated alkanes) is 1. The van der Waals surface area contributed by atoms with Gasteiger partial charge in [-0.15, -0.1) is 0 Å². The van der Waals surface area contributed by atoms with Crippen LogP contribution in [0.3, 0.4) is 0 Å². The first-order valence-electron chi connectivity index (χ1n) is 11.2. The van der Waals surface area contributed by atoms with Crippen molar-refractivity contribution in [2.75, 3.05) is 13.1 Å². The number of hydrogen-bond donors (Lipinski definition) is 8. The van der Waals surface area contributed by atoms with Crippen molar-refractivity contribution in [3.05, 3.63) is 0 Å². The Labute approximate surface area is 197 Å². The van der Waals surface area contributed by atoms with E-state index in [1.54, 1.807) is 0 Å². The number of amides is 5. The van der Waals surface area contributed by atoms with Gasteiger partial charge in [-0.2, -0.15) is 0 Å². The second kappa shape index (κ2) is 14.8. The van der Waals surface area contributed by atoms with Crippen molar-refractivity contribution in [1.29, 1.82) is 0 Å². The molecular formula is C20H35N7O7. The Morgan fingerprint density at radius 1 is 0.882 bits per heavy atom. The summed E-state index contributed by atoms with van der Waals surface area (Å²) in [6, 6.07) is -4.46. The number of nitrogens with two attached hydrogens (primary N) is 3. The Morgan fingerprint density at radius 2 is 1.53 bits per heavy atom. The second-order valence-electron chi connectivity index (χ2n) is 8.13. The summed E-state index contributed by atoms with van der Waals surface area (Å²) in [7, 11) is 0. The molecule has 192 valence electrons. The van der Waals surface area contributed by atoms with Gasteiger partial charge < -0.3 is 43.6 Å². The van der Waals surface area contributed by atoms with Crippen LogP contribution < -0.4 is 38.5 Å². The zero-order valence-electron chi connectivity index (χ0n) is 19.0. The van der Waals surface area contributed by atoms with Gasteiger partial charge in [0, 0.05) is 6.42 Å². The number of rotatable bonds is 16. The van der Waals surface area contributed by atoms with E-state index >= 15 is 0 Å². The number of nitrogens with one attached hydrogen (secondary N) is 4. The van der Waals surface area contributed by atoms with Gasteiger partial charge in [-0.25, -0.2) is 4.79 Å². The maximum atomic E-state index is 12.8. The van der Waals surface area contributed by atoms with Gasteiger partial charge in [0.25, 0.3) is 0 Å². The molecule has 11 N–H and O–H groups in total. The predicted molar refractivity (Wildman–Crippen MR) is 120 cm³/mol. The number of primary amides is 2. The average molecular weight is 486 g/mol. The molecule has 0 bridgehead atoms. The fourth-order valence-electron chi connectivity index (χ4n) is 3.44. The first kappa shape index (κ1) is 28.8. The SMILES string of the molecule is NCCCCC(NC(=O)C(CCC(N)=O)NC(=O)C(CC(N)=O)NC(=O)C1CCCN1)C(=O)O. The van der Waals surface area contributed by atoms with E-state index < -0.39 is 66.1 Å². The molecule has 4 unspecified atom stereocenters. The van der Waals surface area contributed by atoms with E-state index in [1.165, 1.54) is 0 Å². The first-order valence-corrected chi connectivity index (χ1v) is 11.2. The lowest BCUT2D eigenvalue weighted by atomic mass is 10.1. The fourth-order valence-corrected chi connectivity index (χ4v) is 3.44. The molecule has 0 aromatic carbocycles. The Morgan fingerprint density at radius 3 is 2.06 bits per heavy atom. The summed E-state index contributed by atoms with van der Waals surface area (Å²) in [4.78, 5) is 72.2. The molecule has 0 saturated carbocycles. The molecule has 1 heterocycles. The van der Waals surface area contributed by atoms with Gasteiger partial charge in [0.05, 0.1) is 12.5 Å². The molecule has 0 aromatic heterocycles. The number of carboxylic acids is 1. The van der Waals surface area contributed by atoms with Crippen LogP contribution in [0.15, 0.2) is 0 Å². The fraction of sp³-hybridized carbons (Fsp3) is 0.700. The van der Waals surface area contributed by atoms with Gasteiger partial charge in [0.1, 0.15) is 18.1 Å². The third-order valence-corrected chi connectivity index (χ3v) is 5.29. The summed E-state index contributed by atoms with van der Waals surface area (Å²) < 4.78 is 0. The second-order valence-corrected chi connectivity index (χ2v) is 8.13. The highest BCUT2D eigenvalue weighted by atomic mass is 16.4. The van der Waals surface area contributed by atoms with Gasteiger partial charge >= 0.3 is 5.97 Å². The lowest BCUT2D eigenvalue weighted by Gasteiger charge is -2.24. The molecule has 14 nitrogen and oxygen atoms in total. The maximum Gasteiger partial charge on any atom is 0.326 e. The largest absolute Gasteiger partial charge is 0.480 e. The Balaban J connectivity index is 2.92. The summed E-state index contributed by atoms with van der Waals surface area (Å²) in [6.07, 6.45) is 1.44. The van der Waals surface area contributed by atoms with Crippen molar-refractivity contribution < 1.29 is 33.9 Å². The number of carbonyl (C=O) groups is 6. The monoisotopic (exact) mass is 485 g/mol. The molecule has 14 heteroatoms. The molecule has 4 atom stereocenters. The molecule has 34 heavy (non-hydrogen) atoms. The minimum atomic E-state index is -1.36. The van der Waals surface area contributed by atoms with E-state index in [0.29, 0.717) is 32.4 Å². The number of aliphatic carboxylic acids is 1. The zero-order chi connectivity index (χ0) is 25.7. The van der Waals surface area contributed by atoms with Crippen LogP contribution in [-0.4, -0.2) is 77.9 Å². The van der Waals surface area contributed by atoms with Crippen LogP contribution in [0.5, 0.6) is 0 Å². The maximum absolute atomic E-state index is 12.8. The van der Waals surface area contributed by atoms with Gasteiger partial charge in [-0.05, 0) is 51.6 Å². The first-order chi connectivity index (χ1) is 16.0. The van der Waals surface area contributed by atoms with Crippen molar-refractivity contribution in [3.63, 3.8) is 0 Å².